The SMILES string of the molecule is Cc1cccc(CSc2nc(Oc3cccc(Cl)c3)cc(C(F)(F)F)n2)c1. The van der Waals surface area contributed by atoms with Gasteiger partial charge in [-0.3, -0.25) is 0 Å². The summed E-state index contributed by atoms with van der Waals surface area (Å²) < 4.78 is 45.0. The van der Waals surface area contributed by atoms with Crippen molar-refractivity contribution in [1.29, 1.82) is 0 Å². The van der Waals surface area contributed by atoms with Gasteiger partial charge in [0, 0.05) is 16.8 Å². The molecule has 3 nitrogen and oxygen atoms in total. The number of rotatable bonds is 5. The minimum atomic E-state index is -4.60. The van der Waals surface area contributed by atoms with E-state index in [1.807, 2.05) is 31.2 Å². The summed E-state index contributed by atoms with van der Waals surface area (Å²) in [4.78, 5) is 7.72. The van der Waals surface area contributed by atoms with Gasteiger partial charge in [-0.15, -0.1) is 0 Å². The monoisotopic (exact) mass is 410 g/mol. The van der Waals surface area contributed by atoms with E-state index in [1.54, 1.807) is 18.2 Å². The van der Waals surface area contributed by atoms with Crippen molar-refractivity contribution in [2.75, 3.05) is 0 Å². The van der Waals surface area contributed by atoms with Crippen LogP contribution in [-0.4, -0.2) is 9.97 Å². The number of halogens is 4. The number of ether oxygens (including phenoxy) is 1. The second-order valence-electron chi connectivity index (χ2n) is 5.71. The van der Waals surface area contributed by atoms with Crippen LogP contribution in [0.3, 0.4) is 0 Å². The fourth-order valence-electron chi connectivity index (χ4n) is 2.27. The summed E-state index contributed by atoms with van der Waals surface area (Å²) in [7, 11) is 0. The van der Waals surface area contributed by atoms with E-state index in [2.05, 4.69) is 9.97 Å². The Bertz CT molecular complexity index is 950. The summed E-state index contributed by atoms with van der Waals surface area (Å²) in [6.07, 6.45) is -4.60. The third-order valence-electron chi connectivity index (χ3n) is 3.44. The zero-order valence-electron chi connectivity index (χ0n) is 14.1. The molecular formula is C19H14ClF3N2OS. The van der Waals surface area contributed by atoms with Gasteiger partial charge in [0.1, 0.15) is 5.75 Å². The first-order chi connectivity index (χ1) is 12.8. The maximum Gasteiger partial charge on any atom is 0.433 e. The molecule has 0 amide bonds. The average molecular weight is 411 g/mol. The molecule has 0 N–H and O–H groups in total. The molecule has 0 bridgehead atoms. The molecule has 0 radical (unpaired) electrons. The summed E-state index contributed by atoms with van der Waals surface area (Å²) >= 11 is 6.99. The molecule has 2 aromatic carbocycles. The standard InChI is InChI=1S/C19H14ClF3N2OS/c1-12-4-2-5-13(8-12)11-27-18-24-16(19(21,22)23)10-17(25-18)26-15-7-3-6-14(20)9-15/h2-10H,11H2,1H3. The highest BCUT2D eigenvalue weighted by molar-refractivity contribution is 7.98. The molecule has 3 aromatic rings. The Labute approximate surface area is 163 Å². The van der Waals surface area contributed by atoms with Crippen LogP contribution in [0.5, 0.6) is 11.6 Å². The maximum atomic E-state index is 13.2. The summed E-state index contributed by atoms with van der Waals surface area (Å²) in [5.74, 6) is 0.551. The molecule has 0 atom stereocenters. The first-order valence-corrected chi connectivity index (χ1v) is 9.24. The third kappa shape index (κ3) is 5.61. The fraction of sp³-hybridized carbons (Fsp3) is 0.158. The molecule has 0 saturated heterocycles. The minimum absolute atomic E-state index is 0.0108. The Morgan fingerprint density at radius 1 is 1.04 bits per heavy atom. The molecule has 0 aliphatic carbocycles. The van der Waals surface area contributed by atoms with E-state index < -0.39 is 11.9 Å². The molecule has 3 rings (SSSR count). The Morgan fingerprint density at radius 2 is 1.81 bits per heavy atom. The second kappa shape index (κ2) is 8.19. The first-order valence-electron chi connectivity index (χ1n) is 7.88. The topological polar surface area (TPSA) is 35.0 Å². The van der Waals surface area contributed by atoms with Crippen molar-refractivity contribution in [3.63, 3.8) is 0 Å². The zero-order chi connectivity index (χ0) is 19.4. The number of aromatic nitrogens is 2. The molecule has 1 aromatic heterocycles. The largest absolute Gasteiger partial charge is 0.439 e. The van der Waals surface area contributed by atoms with Crippen molar-refractivity contribution < 1.29 is 17.9 Å². The van der Waals surface area contributed by atoms with Gasteiger partial charge < -0.3 is 4.74 Å². The smallest absolute Gasteiger partial charge is 0.433 e. The molecule has 1 heterocycles. The van der Waals surface area contributed by atoms with E-state index in [0.29, 0.717) is 16.5 Å². The molecule has 0 aliphatic rings. The van der Waals surface area contributed by atoms with Gasteiger partial charge in [-0.2, -0.15) is 18.2 Å². The van der Waals surface area contributed by atoms with Crippen LogP contribution in [0.4, 0.5) is 13.2 Å². The quantitative estimate of drug-likeness (QED) is 0.353. The summed E-state index contributed by atoms with van der Waals surface area (Å²) in [6, 6.07) is 14.8. The average Bonchev–Trinajstić information content (AvgIpc) is 2.59. The van der Waals surface area contributed by atoms with E-state index in [4.69, 9.17) is 16.3 Å². The summed E-state index contributed by atoms with van der Waals surface area (Å²) in [5.41, 5.74) is 0.989. The van der Waals surface area contributed by atoms with Crippen molar-refractivity contribution in [1.82, 2.24) is 9.97 Å². The van der Waals surface area contributed by atoms with Gasteiger partial charge in [-0.25, -0.2) is 4.98 Å². The molecule has 27 heavy (non-hydrogen) atoms. The maximum absolute atomic E-state index is 13.2. The van der Waals surface area contributed by atoms with E-state index in [0.717, 1.165) is 29.0 Å². The zero-order valence-corrected chi connectivity index (χ0v) is 15.7. The van der Waals surface area contributed by atoms with Crippen LogP contribution in [0.25, 0.3) is 0 Å². The Balaban J connectivity index is 1.86. The lowest BCUT2D eigenvalue weighted by Crippen LogP contribution is -2.10. The van der Waals surface area contributed by atoms with Gasteiger partial charge in [-0.05, 0) is 30.7 Å². The van der Waals surface area contributed by atoms with E-state index >= 15 is 0 Å². The van der Waals surface area contributed by atoms with Gasteiger partial charge in [0.05, 0.1) is 0 Å². The summed E-state index contributed by atoms with van der Waals surface area (Å²) in [5, 5.41) is 0.398. The van der Waals surface area contributed by atoms with E-state index in [-0.39, 0.29) is 11.0 Å². The highest BCUT2D eigenvalue weighted by Crippen LogP contribution is 2.33. The van der Waals surface area contributed by atoms with Crippen LogP contribution < -0.4 is 4.74 Å². The normalized spacial score (nSPS) is 11.4. The first kappa shape index (κ1) is 19.5. The Morgan fingerprint density at radius 3 is 2.52 bits per heavy atom. The van der Waals surface area contributed by atoms with Crippen LogP contribution in [0, 0.1) is 6.92 Å². The van der Waals surface area contributed by atoms with Crippen LogP contribution >= 0.6 is 23.4 Å². The molecule has 0 fully saturated rings. The van der Waals surface area contributed by atoms with Crippen molar-refractivity contribution in [2.45, 2.75) is 24.0 Å². The van der Waals surface area contributed by atoms with Crippen molar-refractivity contribution >= 4 is 23.4 Å². The number of aryl methyl sites for hydroxylation is 1. The Kier molecular flexibility index (Phi) is 5.92. The van der Waals surface area contributed by atoms with Crippen molar-refractivity contribution in [3.05, 3.63) is 76.4 Å². The number of alkyl halides is 3. The molecule has 0 aliphatic heterocycles. The molecule has 0 saturated carbocycles. The van der Waals surface area contributed by atoms with Gasteiger partial charge in [0.25, 0.3) is 0 Å². The lowest BCUT2D eigenvalue weighted by atomic mass is 10.2. The highest BCUT2D eigenvalue weighted by Gasteiger charge is 2.34. The summed E-state index contributed by atoms with van der Waals surface area (Å²) in [6.45, 7) is 1.95. The lowest BCUT2D eigenvalue weighted by molar-refractivity contribution is -0.141. The second-order valence-corrected chi connectivity index (χ2v) is 7.09. The van der Waals surface area contributed by atoms with Gasteiger partial charge in [0.2, 0.25) is 5.88 Å². The van der Waals surface area contributed by atoms with E-state index in [1.165, 1.54) is 6.07 Å². The lowest BCUT2D eigenvalue weighted by Gasteiger charge is -2.11. The van der Waals surface area contributed by atoms with Crippen molar-refractivity contribution in [3.8, 4) is 11.6 Å². The highest BCUT2D eigenvalue weighted by atomic mass is 35.5. The predicted molar refractivity (Wildman–Crippen MR) is 99.3 cm³/mol. The number of hydrogen-bond acceptors (Lipinski definition) is 4. The molecule has 0 unspecified atom stereocenters. The number of hydrogen-bond donors (Lipinski definition) is 0. The molecule has 8 heteroatoms. The van der Waals surface area contributed by atoms with Gasteiger partial charge in [0.15, 0.2) is 10.9 Å². The van der Waals surface area contributed by atoms with Crippen LogP contribution in [-0.2, 0) is 11.9 Å². The third-order valence-corrected chi connectivity index (χ3v) is 4.60. The number of nitrogens with zero attached hydrogens (tertiary/aromatic N) is 2. The molecular weight excluding hydrogens is 397 g/mol. The van der Waals surface area contributed by atoms with Gasteiger partial charge in [-0.1, -0.05) is 59.3 Å². The fourth-order valence-corrected chi connectivity index (χ4v) is 3.24. The van der Waals surface area contributed by atoms with E-state index in [9.17, 15) is 13.2 Å². The van der Waals surface area contributed by atoms with Gasteiger partial charge >= 0.3 is 6.18 Å². The number of benzene rings is 2. The van der Waals surface area contributed by atoms with Crippen LogP contribution in [0.2, 0.25) is 5.02 Å². The predicted octanol–water partition coefficient (Wildman–Crippen LogP) is 6.54. The molecule has 0 spiro atoms. The van der Waals surface area contributed by atoms with Crippen molar-refractivity contribution in [2.24, 2.45) is 0 Å². The Hall–Kier alpha value is -2.25. The number of thioether (sulfide) groups is 1. The minimum Gasteiger partial charge on any atom is -0.439 e. The molecule has 140 valence electrons. The van der Waals surface area contributed by atoms with Crippen LogP contribution in [0.15, 0.2) is 59.8 Å². The van der Waals surface area contributed by atoms with Crippen LogP contribution in [0.1, 0.15) is 16.8 Å².